The van der Waals surface area contributed by atoms with E-state index in [-0.39, 0.29) is 0 Å². The average molecular weight is 273 g/mol. The molecule has 0 spiro atoms. The van der Waals surface area contributed by atoms with Crippen molar-refractivity contribution in [2.75, 3.05) is 0 Å². The zero-order valence-corrected chi connectivity index (χ0v) is 9.56. The molecule has 0 bridgehead atoms. The van der Waals surface area contributed by atoms with E-state index >= 15 is 0 Å². The van der Waals surface area contributed by atoms with Crippen LogP contribution in [0.2, 0.25) is 0 Å². The van der Waals surface area contributed by atoms with Crippen LogP contribution in [0.3, 0.4) is 0 Å². The Morgan fingerprint density at radius 1 is 1.53 bits per heavy atom. The molecule has 0 fully saturated rings. The molecule has 2 heterocycles. The zero-order valence-electron chi connectivity index (χ0n) is 7.98. The molecule has 1 atom stereocenters. The molecule has 0 radical (unpaired) electrons. The summed E-state index contributed by atoms with van der Waals surface area (Å²) in [6.45, 7) is 1.67. The molecule has 0 aliphatic rings. The monoisotopic (exact) mass is 272 g/mol. The fraction of sp³-hybridized carbons (Fsp3) is 0.333. The van der Waals surface area contributed by atoms with E-state index in [0.717, 1.165) is 0 Å². The van der Waals surface area contributed by atoms with Gasteiger partial charge in [-0.15, -0.1) is 0 Å². The summed E-state index contributed by atoms with van der Waals surface area (Å²) in [5.41, 5.74) is 0. The summed E-state index contributed by atoms with van der Waals surface area (Å²) in [4.78, 5) is 4.08. The van der Waals surface area contributed by atoms with Gasteiger partial charge in [0.05, 0.1) is 6.10 Å². The third kappa shape index (κ3) is 2.45. The van der Waals surface area contributed by atoms with Gasteiger partial charge in [0.25, 0.3) is 5.89 Å². The van der Waals surface area contributed by atoms with Gasteiger partial charge < -0.3 is 14.0 Å². The fourth-order valence-corrected chi connectivity index (χ4v) is 1.44. The summed E-state index contributed by atoms with van der Waals surface area (Å²) in [5.74, 6) is 1.29. The van der Waals surface area contributed by atoms with Crippen molar-refractivity contribution in [3.8, 4) is 11.7 Å². The lowest BCUT2D eigenvalue weighted by molar-refractivity contribution is 0.191. The molecular weight excluding hydrogens is 264 g/mol. The average Bonchev–Trinajstić information content (AvgIpc) is 2.72. The van der Waals surface area contributed by atoms with Gasteiger partial charge in [-0.05, 0) is 35.0 Å². The lowest BCUT2D eigenvalue weighted by Crippen LogP contribution is -2.05. The number of aliphatic hydroxyl groups excluding tert-OH is 1. The molecule has 5 nitrogen and oxygen atoms in total. The van der Waals surface area contributed by atoms with Crippen LogP contribution in [-0.4, -0.2) is 21.4 Å². The standard InChI is InChI=1S/C9H9BrN2O3/c1-5(13)4-8-11-9(15-12-8)6-2-3-7(10)14-6/h2-3,5,13H,4H2,1H3. The lowest BCUT2D eigenvalue weighted by Gasteiger charge is -1.95. The highest BCUT2D eigenvalue weighted by Crippen LogP contribution is 2.23. The minimum atomic E-state index is -0.487. The van der Waals surface area contributed by atoms with Gasteiger partial charge in [0.15, 0.2) is 16.3 Å². The zero-order chi connectivity index (χ0) is 10.8. The molecule has 0 saturated heterocycles. The molecule has 2 aromatic heterocycles. The Morgan fingerprint density at radius 2 is 2.33 bits per heavy atom. The molecule has 2 aromatic rings. The quantitative estimate of drug-likeness (QED) is 0.926. The Labute approximate surface area is 94.2 Å². The van der Waals surface area contributed by atoms with Crippen molar-refractivity contribution in [2.24, 2.45) is 0 Å². The predicted octanol–water partition coefficient (Wildman–Crippen LogP) is 2.02. The van der Waals surface area contributed by atoms with E-state index in [4.69, 9.17) is 14.0 Å². The SMILES string of the molecule is CC(O)Cc1noc(-c2ccc(Br)o2)n1. The molecule has 0 aliphatic carbocycles. The minimum Gasteiger partial charge on any atom is -0.444 e. The smallest absolute Gasteiger partial charge is 0.293 e. The van der Waals surface area contributed by atoms with Gasteiger partial charge in [0.1, 0.15) is 0 Å². The highest BCUT2D eigenvalue weighted by Gasteiger charge is 2.13. The van der Waals surface area contributed by atoms with E-state index in [2.05, 4.69) is 26.1 Å². The second kappa shape index (κ2) is 4.16. The lowest BCUT2D eigenvalue weighted by atomic mass is 10.3. The number of aliphatic hydroxyl groups is 1. The van der Waals surface area contributed by atoms with Crippen LogP contribution >= 0.6 is 15.9 Å². The maximum absolute atomic E-state index is 9.14. The van der Waals surface area contributed by atoms with Crippen LogP contribution < -0.4 is 0 Å². The van der Waals surface area contributed by atoms with Crippen LogP contribution in [0.4, 0.5) is 0 Å². The van der Waals surface area contributed by atoms with Crippen molar-refractivity contribution in [2.45, 2.75) is 19.4 Å². The predicted molar refractivity (Wildman–Crippen MR) is 55.1 cm³/mol. The molecule has 6 heteroatoms. The Kier molecular flexibility index (Phi) is 2.88. The van der Waals surface area contributed by atoms with Gasteiger partial charge in [-0.2, -0.15) is 4.98 Å². The molecular formula is C9H9BrN2O3. The normalized spacial score (nSPS) is 13.0. The summed E-state index contributed by atoms with van der Waals surface area (Å²) in [7, 11) is 0. The van der Waals surface area contributed by atoms with Crippen LogP contribution in [0.1, 0.15) is 12.7 Å². The van der Waals surface area contributed by atoms with Crippen molar-refractivity contribution in [1.29, 1.82) is 0 Å². The topological polar surface area (TPSA) is 72.3 Å². The number of hydrogen-bond donors (Lipinski definition) is 1. The second-order valence-electron chi connectivity index (χ2n) is 3.17. The fourth-order valence-electron chi connectivity index (χ4n) is 1.13. The molecule has 1 unspecified atom stereocenters. The summed E-state index contributed by atoms with van der Waals surface area (Å²) >= 11 is 3.18. The van der Waals surface area contributed by atoms with Gasteiger partial charge in [-0.3, -0.25) is 0 Å². The second-order valence-corrected chi connectivity index (χ2v) is 3.95. The highest BCUT2D eigenvalue weighted by atomic mass is 79.9. The van der Waals surface area contributed by atoms with Crippen LogP contribution in [0.15, 0.2) is 25.7 Å². The van der Waals surface area contributed by atoms with Gasteiger partial charge in [-0.25, -0.2) is 0 Å². The minimum absolute atomic E-state index is 0.316. The number of nitrogens with zero attached hydrogens (tertiary/aromatic N) is 2. The Hall–Kier alpha value is -1.14. The maximum Gasteiger partial charge on any atom is 0.293 e. The van der Waals surface area contributed by atoms with E-state index < -0.39 is 6.10 Å². The highest BCUT2D eigenvalue weighted by molar-refractivity contribution is 9.10. The van der Waals surface area contributed by atoms with Crippen molar-refractivity contribution in [3.05, 3.63) is 22.6 Å². The molecule has 2 rings (SSSR count). The number of rotatable bonds is 3. The van der Waals surface area contributed by atoms with E-state index in [1.807, 2.05) is 0 Å². The Bertz CT molecular complexity index is 450. The van der Waals surface area contributed by atoms with Crippen LogP contribution in [0.5, 0.6) is 0 Å². The first-order valence-corrected chi connectivity index (χ1v) is 5.21. The van der Waals surface area contributed by atoms with Crippen LogP contribution in [-0.2, 0) is 6.42 Å². The molecule has 15 heavy (non-hydrogen) atoms. The third-order valence-corrected chi connectivity index (χ3v) is 2.16. The van der Waals surface area contributed by atoms with E-state index in [1.165, 1.54) is 0 Å². The van der Waals surface area contributed by atoms with Gasteiger partial charge in [-0.1, -0.05) is 5.16 Å². The number of halogens is 1. The first kappa shape index (κ1) is 10.4. The molecule has 0 saturated carbocycles. The molecule has 0 aliphatic heterocycles. The first-order valence-electron chi connectivity index (χ1n) is 4.41. The maximum atomic E-state index is 9.14. The van der Waals surface area contributed by atoms with Gasteiger partial charge in [0, 0.05) is 6.42 Å². The summed E-state index contributed by atoms with van der Waals surface area (Å²) < 4.78 is 10.8. The third-order valence-electron chi connectivity index (χ3n) is 1.73. The van der Waals surface area contributed by atoms with Crippen molar-refractivity contribution in [3.63, 3.8) is 0 Å². The van der Waals surface area contributed by atoms with E-state index in [1.54, 1.807) is 19.1 Å². The molecule has 0 aromatic carbocycles. The van der Waals surface area contributed by atoms with Crippen molar-refractivity contribution in [1.82, 2.24) is 10.1 Å². The van der Waals surface area contributed by atoms with Crippen LogP contribution in [0, 0.1) is 0 Å². The van der Waals surface area contributed by atoms with Crippen LogP contribution in [0.25, 0.3) is 11.7 Å². The van der Waals surface area contributed by atoms with Crippen molar-refractivity contribution < 1.29 is 14.0 Å². The number of aromatic nitrogens is 2. The molecule has 1 N–H and O–H groups in total. The number of furan rings is 1. The van der Waals surface area contributed by atoms with Gasteiger partial charge in [0.2, 0.25) is 0 Å². The Balaban J connectivity index is 2.20. The summed E-state index contributed by atoms with van der Waals surface area (Å²) in [5, 5.41) is 12.9. The van der Waals surface area contributed by atoms with Gasteiger partial charge >= 0.3 is 0 Å². The Morgan fingerprint density at radius 3 is 2.93 bits per heavy atom. The molecule has 80 valence electrons. The van der Waals surface area contributed by atoms with Crippen molar-refractivity contribution >= 4 is 15.9 Å². The number of hydrogen-bond acceptors (Lipinski definition) is 5. The molecule has 0 amide bonds. The van der Waals surface area contributed by atoms with E-state index in [0.29, 0.717) is 28.6 Å². The largest absolute Gasteiger partial charge is 0.444 e. The summed E-state index contributed by atoms with van der Waals surface area (Å²) in [6.07, 6.45) is -0.121. The van der Waals surface area contributed by atoms with E-state index in [9.17, 15) is 0 Å². The first-order chi connectivity index (χ1) is 7.15. The summed E-state index contributed by atoms with van der Waals surface area (Å²) in [6, 6.07) is 3.47.